The minimum Gasteiger partial charge on any atom is -0.379 e. The van der Waals surface area contributed by atoms with Gasteiger partial charge in [-0.15, -0.1) is 24.0 Å². The number of anilines is 1. The van der Waals surface area contributed by atoms with E-state index in [0.29, 0.717) is 24.8 Å². The number of nitrogens with zero attached hydrogens (tertiary/aromatic N) is 3. The van der Waals surface area contributed by atoms with Crippen molar-refractivity contribution in [3.8, 4) is 0 Å². The van der Waals surface area contributed by atoms with Crippen molar-refractivity contribution >= 4 is 41.5 Å². The molecule has 162 valence electrons. The molecule has 2 saturated heterocycles. The van der Waals surface area contributed by atoms with E-state index in [1.165, 1.54) is 12.8 Å². The van der Waals surface area contributed by atoms with Crippen molar-refractivity contribution in [1.82, 2.24) is 9.80 Å². The van der Waals surface area contributed by atoms with Crippen LogP contribution in [0.3, 0.4) is 0 Å². The van der Waals surface area contributed by atoms with Gasteiger partial charge in [-0.05, 0) is 36.5 Å². The van der Waals surface area contributed by atoms with Crippen molar-refractivity contribution in [2.45, 2.75) is 32.7 Å². The molecule has 1 atom stereocenters. The summed E-state index contributed by atoms with van der Waals surface area (Å²) in [5.41, 5.74) is 8.03. The Morgan fingerprint density at radius 1 is 1.31 bits per heavy atom. The van der Waals surface area contributed by atoms with Crippen molar-refractivity contribution in [1.29, 1.82) is 0 Å². The van der Waals surface area contributed by atoms with Gasteiger partial charge < -0.3 is 20.7 Å². The van der Waals surface area contributed by atoms with Crippen LogP contribution in [0.1, 0.15) is 31.7 Å². The molecule has 3 rings (SSSR count). The van der Waals surface area contributed by atoms with Crippen molar-refractivity contribution < 1.29 is 9.53 Å². The average Bonchev–Trinajstić information content (AvgIpc) is 2.71. The maximum Gasteiger partial charge on any atom is 0.225 e. The first-order valence-corrected chi connectivity index (χ1v) is 10.3. The average molecular weight is 515 g/mol. The number of carbonyl (C=O) groups excluding carboxylic acids is 1. The standard InChI is InChI=1S/C21H33N5O2.HI/c1-17-4-3-8-26(16-17)21(22)23-15-18-5-2-6-19(14-18)24-20(27)7-9-25-10-12-28-13-11-25;/h2,5-6,14,17H,3-4,7-13,15-16H2,1H3,(H2,22,23)(H,24,27);1H. The summed E-state index contributed by atoms with van der Waals surface area (Å²) in [6.45, 7) is 8.82. The highest BCUT2D eigenvalue weighted by Gasteiger charge is 2.17. The number of nitrogens with two attached hydrogens (primary N) is 1. The van der Waals surface area contributed by atoms with E-state index < -0.39 is 0 Å². The summed E-state index contributed by atoms with van der Waals surface area (Å²) in [4.78, 5) is 21.2. The fraction of sp³-hybridized carbons (Fsp3) is 0.619. The van der Waals surface area contributed by atoms with Crippen molar-refractivity contribution in [2.24, 2.45) is 16.6 Å². The Balaban J connectivity index is 0.00000300. The highest BCUT2D eigenvalue weighted by atomic mass is 127. The molecule has 0 saturated carbocycles. The van der Waals surface area contributed by atoms with Crippen LogP contribution < -0.4 is 11.1 Å². The zero-order valence-corrected chi connectivity index (χ0v) is 19.6. The third-order valence-electron chi connectivity index (χ3n) is 5.37. The molecule has 0 bridgehead atoms. The first-order valence-electron chi connectivity index (χ1n) is 10.3. The van der Waals surface area contributed by atoms with Crippen LogP contribution in [-0.4, -0.2) is 67.6 Å². The van der Waals surface area contributed by atoms with Crippen LogP contribution in [0.15, 0.2) is 29.3 Å². The fourth-order valence-corrected chi connectivity index (χ4v) is 3.73. The Labute approximate surface area is 191 Å². The lowest BCUT2D eigenvalue weighted by Crippen LogP contribution is -2.43. The number of likely N-dealkylation sites (tertiary alicyclic amines) is 1. The molecule has 8 heteroatoms. The third-order valence-corrected chi connectivity index (χ3v) is 5.37. The normalized spacial score (nSPS) is 20.8. The number of piperidine rings is 1. The molecule has 29 heavy (non-hydrogen) atoms. The van der Waals surface area contributed by atoms with Gasteiger partial charge in [-0.1, -0.05) is 19.1 Å². The van der Waals surface area contributed by atoms with E-state index in [1.54, 1.807) is 0 Å². The molecule has 1 aromatic carbocycles. The van der Waals surface area contributed by atoms with Gasteiger partial charge in [0.05, 0.1) is 19.8 Å². The summed E-state index contributed by atoms with van der Waals surface area (Å²) in [7, 11) is 0. The molecule has 7 nitrogen and oxygen atoms in total. The highest BCUT2D eigenvalue weighted by molar-refractivity contribution is 14.0. The van der Waals surface area contributed by atoms with Crippen LogP contribution >= 0.6 is 24.0 Å². The van der Waals surface area contributed by atoms with E-state index in [1.807, 2.05) is 24.3 Å². The molecular formula is C21H34IN5O2. The second kappa shape index (κ2) is 12.3. The van der Waals surface area contributed by atoms with Crippen LogP contribution in [0.4, 0.5) is 5.69 Å². The van der Waals surface area contributed by atoms with E-state index >= 15 is 0 Å². The molecule has 0 radical (unpaired) electrons. The lowest BCUT2D eigenvalue weighted by atomic mass is 10.0. The van der Waals surface area contributed by atoms with Crippen molar-refractivity contribution in [3.63, 3.8) is 0 Å². The topological polar surface area (TPSA) is 83.2 Å². The lowest BCUT2D eigenvalue weighted by Gasteiger charge is -2.31. The molecule has 1 unspecified atom stereocenters. The number of amides is 1. The van der Waals surface area contributed by atoms with Crippen LogP contribution in [0.25, 0.3) is 0 Å². The molecule has 2 heterocycles. The highest BCUT2D eigenvalue weighted by Crippen LogP contribution is 2.16. The molecule has 2 aliphatic rings. The Kier molecular flexibility index (Phi) is 10.2. The number of hydrogen-bond donors (Lipinski definition) is 2. The first-order chi connectivity index (χ1) is 13.6. The molecule has 1 aromatic rings. The number of hydrogen-bond acceptors (Lipinski definition) is 4. The van der Waals surface area contributed by atoms with E-state index in [9.17, 15) is 4.79 Å². The van der Waals surface area contributed by atoms with E-state index in [0.717, 1.165) is 57.2 Å². The predicted molar refractivity (Wildman–Crippen MR) is 128 cm³/mol. The van der Waals surface area contributed by atoms with E-state index in [4.69, 9.17) is 10.5 Å². The third kappa shape index (κ3) is 8.10. The Hall–Kier alpha value is -1.39. The summed E-state index contributed by atoms with van der Waals surface area (Å²) in [6, 6.07) is 7.85. The number of nitrogens with one attached hydrogen (secondary N) is 1. The van der Waals surface area contributed by atoms with Gasteiger partial charge in [0.25, 0.3) is 0 Å². The van der Waals surface area contributed by atoms with Gasteiger partial charge in [-0.2, -0.15) is 0 Å². The van der Waals surface area contributed by atoms with E-state index in [2.05, 4.69) is 27.0 Å². The van der Waals surface area contributed by atoms with E-state index in [-0.39, 0.29) is 29.9 Å². The SMILES string of the molecule is CC1CCCN(C(N)=NCc2cccc(NC(=O)CCN3CCOCC3)c2)C1.I. The predicted octanol–water partition coefficient (Wildman–Crippen LogP) is 2.51. The van der Waals surface area contributed by atoms with Crippen molar-refractivity contribution in [2.75, 3.05) is 51.3 Å². The number of ether oxygens (including phenoxy) is 1. The van der Waals surface area contributed by atoms with Crippen LogP contribution in [0.2, 0.25) is 0 Å². The molecule has 0 spiro atoms. The maximum atomic E-state index is 12.2. The fourth-order valence-electron chi connectivity index (χ4n) is 3.73. The van der Waals surface area contributed by atoms with Gasteiger partial charge >= 0.3 is 0 Å². The quantitative estimate of drug-likeness (QED) is 0.346. The summed E-state index contributed by atoms with van der Waals surface area (Å²) in [5, 5.41) is 2.99. The largest absolute Gasteiger partial charge is 0.379 e. The van der Waals surface area contributed by atoms with Gasteiger partial charge in [-0.3, -0.25) is 9.69 Å². The molecule has 2 aliphatic heterocycles. The van der Waals surface area contributed by atoms with Crippen LogP contribution in [0.5, 0.6) is 0 Å². The summed E-state index contributed by atoms with van der Waals surface area (Å²) in [5.74, 6) is 1.32. The van der Waals surface area contributed by atoms with Gasteiger partial charge in [0.2, 0.25) is 5.91 Å². The molecule has 3 N–H and O–H groups in total. The molecule has 0 aromatic heterocycles. The Morgan fingerprint density at radius 3 is 2.86 bits per heavy atom. The number of benzene rings is 1. The zero-order valence-electron chi connectivity index (χ0n) is 17.3. The number of aliphatic imine (C=N–C) groups is 1. The molecule has 0 aliphatic carbocycles. The number of guanidine groups is 1. The smallest absolute Gasteiger partial charge is 0.225 e. The Morgan fingerprint density at radius 2 is 2.10 bits per heavy atom. The monoisotopic (exact) mass is 515 g/mol. The maximum absolute atomic E-state index is 12.2. The second-order valence-electron chi connectivity index (χ2n) is 7.82. The number of rotatable bonds is 6. The minimum absolute atomic E-state index is 0. The lowest BCUT2D eigenvalue weighted by molar-refractivity contribution is -0.116. The molecular weight excluding hydrogens is 481 g/mol. The van der Waals surface area contributed by atoms with Gasteiger partial charge in [0.1, 0.15) is 0 Å². The second-order valence-corrected chi connectivity index (χ2v) is 7.82. The van der Waals surface area contributed by atoms with Gasteiger partial charge in [-0.25, -0.2) is 4.99 Å². The van der Waals surface area contributed by atoms with Crippen molar-refractivity contribution in [3.05, 3.63) is 29.8 Å². The zero-order chi connectivity index (χ0) is 19.8. The minimum atomic E-state index is 0. The molecule has 1 amide bonds. The van der Waals surface area contributed by atoms with Gasteiger partial charge in [0, 0.05) is 44.8 Å². The summed E-state index contributed by atoms with van der Waals surface area (Å²) in [6.07, 6.45) is 2.92. The van der Waals surface area contributed by atoms with Crippen LogP contribution in [-0.2, 0) is 16.1 Å². The number of carbonyl (C=O) groups is 1. The summed E-state index contributed by atoms with van der Waals surface area (Å²) >= 11 is 0. The number of morpholine rings is 1. The van der Waals surface area contributed by atoms with Gasteiger partial charge in [0.15, 0.2) is 5.96 Å². The first kappa shape index (κ1) is 23.9. The Bertz CT molecular complexity index is 679. The summed E-state index contributed by atoms with van der Waals surface area (Å²) < 4.78 is 5.33. The molecule has 2 fully saturated rings. The number of halogens is 1. The van der Waals surface area contributed by atoms with Crippen LogP contribution in [0, 0.1) is 5.92 Å².